The van der Waals surface area contributed by atoms with Crippen LogP contribution in [-0.4, -0.2) is 73.9 Å². The smallest absolute Gasteiger partial charge is 0.330 e. The first-order chi connectivity index (χ1) is 14.7. The lowest BCUT2D eigenvalue weighted by Gasteiger charge is -2.39. The number of aromatic hydroxyl groups is 3. The second kappa shape index (κ2) is 9.67. The van der Waals surface area contributed by atoms with Crippen molar-refractivity contribution in [1.29, 1.82) is 0 Å². The minimum absolute atomic E-state index is 0.00766. The molecular formula is C21H22O10. The predicted octanol–water partition coefficient (Wildman–Crippen LogP) is 0.246. The van der Waals surface area contributed by atoms with E-state index in [0.29, 0.717) is 5.56 Å². The summed E-state index contributed by atoms with van der Waals surface area (Å²) in [5, 5.41) is 58.3. The highest BCUT2D eigenvalue weighted by Crippen LogP contribution is 2.26. The Labute approximate surface area is 176 Å². The van der Waals surface area contributed by atoms with Crippen molar-refractivity contribution < 1.29 is 49.6 Å². The minimum Gasteiger partial charge on any atom is -0.508 e. The molecule has 0 bridgehead atoms. The van der Waals surface area contributed by atoms with E-state index in [0.717, 1.165) is 6.08 Å². The summed E-state index contributed by atoms with van der Waals surface area (Å²) < 4.78 is 15.9. The zero-order valence-electron chi connectivity index (χ0n) is 16.1. The number of aliphatic hydroxyl groups is 3. The fourth-order valence-electron chi connectivity index (χ4n) is 2.83. The van der Waals surface area contributed by atoms with Gasteiger partial charge in [-0.3, -0.25) is 0 Å². The Hall–Kier alpha value is -3.31. The molecule has 1 fully saturated rings. The average molecular weight is 434 g/mol. The van der Waals surface area contributed by atoms with Crippen LogP contribution in [0.4, 0.5) is 0 Å². The lowest BCUT2D eigenvalue weighted by Crippen LogP contribution is -2.60. The van der Waals surface area contributed by atoms with Crippen LogP contribution in [0, 0.1) is 0 Å². The fraction of sp³-hybridized carbons (Fsp3) is 0.286. The summed E-state index contributed by atoms with van der Waals surface area (Å²) in [7, 11) is 0. The van der Waals surface area contributed by atoms with Gasteiger partial charge >= 0.3 is 5.97 Å². The van der Waals surface area contributed by atoms with Gasteiger partial charge in [0.05, 0.1) is 0 Å². The highest BCUT2D eigenvalue weighted by Gasteiger charge is 2.45. The zero-order valence-corrected chi connectivity index (χ0v) is 16.1. The third-order valence-electron chi connectivity index (χ3n) is 4.56. The monoisotopic (exact) mass is 434 g/mol. The van der Waals surface area contributed by atoms with Gasteiger partial charge in [-0.1, -0.05) is 6.07 Å². The molecule has 2 aromatic rings. The first-order valence-electron chi connectivity index (χ1n) is 9.27. The molecule has 1 unspecified atom stereocenters. The number of ether oxygens (including phenoxy) is 3. The predicted molar refractivity (Wildman–Crippen MR) is 105 cm³/mol. The van der Waals surface area contributed by atoms with Crippen molar-refractivity contribution in [3.63, 3.8) is 0 Å². The summed E-state index contributed by atoms with van der Waals surface area (Å²) in [6, 6.07) is 9.53. The number of hydrogen-bond acceptors (Lipinski definition) is 10. The molecule has 10 heteroatoms. The standard InChI is InChI=1S/C21H22O10/c22-12-3-5-13(6-4-12)30-21-20(28)19(27)18(26)16(31-21)10-29-17(25)8-2-11-1-7-14(23)15(24)9-11/h1-9,16,18-24,26-28H,10H2/b8-2-/t16?,18-,19-,20-,21+/m0/s1. The molecule has 0 aromatic heterocycles. The molecule has 0 amide bonds. The van der Waals surface area contributed by atoms with Gasteiger partial charge in [0, 0.05) is 6.08 Å². The third-order valence-corrected chi connectivity index (χ3v) is 4.56. The molecule has 1 aliphatic heterocycles. The minimum atomic E-state index is -1.62. The maximum absolute atomic E-state index is 11.9. The third kappa shape index (κ3) is 5.64. The molecule has 0 spiro atoms. The first-order valence-corrected chi connectivity index (χ1v) is 9.27. The van der Waals surface area contributed by atoms with Crippen molar-refractivity contribution >= 4 is 12.0 Å². The van der Waals surface area contributed by atoms with Crippen LogP contribution in [0.1, 0.15) is 5.56 Å². The van der Waals surface area contributed by atoms with Crippen LogP contribution in [0.3, 0.4) is 0 Å². The molecule has 10 nitrogen and oxygen atoms in total. The Kier molecular flexibility index (Phi) is 6.98. The number of benzene rings is 2. The van der Waals surface area contributed by atoms with Gasteiger partial charge in [0.25, 0.3) is 0 Å². The van der Waals surface area contributed by atoms with E-state index < -0.39 is 43.3 Å². The van der Waals surface area contributed by atoms with Gasteiger partial charge in [-0.2, -0.15) is 0 Å². The summed E-state index contributed by atoms with van der Waals surface area (Å²) in [6.45, 7) is -0.440. The Morgan fingerprint density at radius 3 is 2.32 bits per heavy atom. The number of carbonyl (C=O) groups excluding carboxylic acids is 1. The molecule has 0 saturated carbocycles. The molecule has 166 valence electrons. The van der Waals surface area contributed by atoms with Gasteiger partial charge < -0.3 is 44.8 Å². The first kappa shape index (κ1) is 22.4. The van der Waals surface area contributed by atoms with Gasteiger partial charge in [-0.25, -0.2) is 4.79 Å². The van der Waals surface area contributed by atoms with Gasteiger partial charge in [0.2, 0.25) is 6.29 Å². The summed E-state index contributed by atoms with van der Waals surface area (Å²) in [5.41, 5.74) is 0.433. The molecule has 0 radical (unpaired) electrons. The Morgan fingerprint density at radius 2 is 1.65 bits per heavy atom. The van der Waals surface area contributed by atoms with Gasteiger partial charge in [-0.15, -0.1) is 0 Å². The van der Waals surface area contributed by atoms with Gasteiger partial charge in [0.15, 0.2) is 11.5 Å². The molecule has 3 rings (SSSR count). The van der Waals surface area contributed by atoms with Crippen LogP contribution >= 0.6 is 0 Å². The molecule has 2 aromatic carbocycles. The summed E-state index contributed by atoms with van der Waals surface area (Å²) >= 11 is 0. The van der Waals surface area contributed by atoms with E-state index in [1.165, 1.54) is 48.5 Å². The molecule has 1 aliphatic rings. The number of aliphatic hydroxyl groups excluding tert-OH is 3. The molecule has 31 heavy (non-hydrogen) atoms. The lowest BCUT2D eigenvalue weighted by molar-refractivity contribution is -0.278. The van der Waals surface area contributed by atoms with E-state index >= 15 is 0 Å². The molecule has 0 aliphatic carbocycles. The SMILES string of the molecule is O=C(/C=C\c1ccc(O)c(O)c1)OCC1O[C@@H](Oc2ccc(O)cc2)[C@@H](O)[C@@H](O)[C@H]1O. The summed E-state index contributed by atoms with van der Waals surface area (Å²) in [4.78, 5) is 11.9. The quantitative estimate of drug-likeness (QED) is 0.211. The van der Waals surface area contributed by atoms with E-state index in [-0.39, 0.29) is 23.0 Å². The number of phenolic OH excluding ortho intramolecular Hbond substituents is 3. The topological polar surface area (TPSA) is 166 Å². The Bertz CT molecular complexity index is 926. The van der Waals surface area contributed by atoms with Crippen molar-refractivity contribution in [2.75, 3.05) is 6.61 Å². The maximum Gasteiger partial charge on any atom is 0.330 e. The van der Waals surface area contributed by atoms with E-state index in [1.54, 1.807) is 0 Å². The average Bonchev–Trinajstić information content (AvgIpc) is 2.75. The highest BCUT2D eigenvalue weighted by atomic mass is 16.7. The number of phenols is 3. The van der Waals surface area contributed by atoms with Crippen molar-refractivity contribution in [2.24, 2.45) is 0 Å². The van der Waals surface area contributed by atoms with Crippen LogP contribution < -0.4 is 4.74 Å². The normalized spacial score (nSPS) is 26.0. The number of hydrogen-bond donors (Lipinski definition) is 6. The number of esters is 1. The molecule has 1 saturated heterocycles. The van der Waals surface area contributed by atoms with Crippen LogP contribution in [0.15, 0.2) is 48.5 Å². The zero-order chi connectivity index (χ0) is 22.5. The number of rotatable bonds is 6. The van der Waals surface area contributed by atoms with Crippen molar-refractivity contribution in [3.05, 3.63) is 54.1 Å². The molecule has 6 N–H and O–H groups in total. The van der Waals surface area contributed by atoms with E-state index in [9.17, 15) is 35.4 Å². The highest BCUT2D eigenvalue weighted by molar-refractivity contribution is 5.87. The Morgan fingerprint density at radius 1 is 0.935 bits per heavy atom. The van der Waals surface area contributed by atoms with Crippen LogP contribution in [0.5, 0.6) is 23.0 Å². The van der Waals surface area contributed by atoms with E-state index in [2.05, 4.69) is 0 Å². The maximum atomic E-state index is 11.9. The molecule has 5 atom stereocenters. The summed E-state index contributed by atoms with van der Waals surface area (Å²) in [6.07, 6.45) is -4.86. The second-order valence-electron chi connectivity index (χ2n) is 6.84. The van der Waals surface area contributed by atoms with E-state index in [1.807, 2.05) is 0 Å². The van der Waals surface area contributed by atoms with Crippen LogP contribution in [0.2, 0.25) is 0 Å². The van der Waals surface area contributed by atoms with Crippen LogP contribution in [-0.2, 0) is 14.3 Å². The van der Waals surface area contributed by atoms with Gasteiger partial charge in [-0.05, 0) is 48.0 Å². The lowest BCUT2D eigenvalue weighted by atomic mass is 9.99. The van der Waals surface area contributed by atoms with Gasteiger partial charge in [0.1, 0.15) is 42.5 Å². The van der Waals surface area contributed by atoms with E-state index in [4.69, 9.17) is 14.2 Å². The number of carbonyl (C=O) groups is 1. The second-order valence-corrected chi connectivity index (χ2v) is 6.84. The van der Waals surface area contributed by atoms with Crippen LogP contribution in [0.25, 0.3) is 6.08 Å². The Balaban J connectivity index is 1.58. The van der Waals surface area contributed by atoms with Crippen molar-refractivity contribution in [1.82, 2.24) is 0 Å². The summed E-state index contributed by atoms with van der Waals surface area (Å²) in [5.74, 6) is -1.19. The van der Waals surface area contributed by atoms with Crippen molar-refractivity contribution in [2.45, 2.75) is 30.7 Å². The molecular weight excluding hydrogens is 412 g/mol. The molecule has 1 heterocycles. The largest absolute Gasteiger partial charge is 0.508 e. The fourth-order valence-corrected chi connectivity index (χ4v) is 2.83. The van der Waals surface area contributed by atoms with Crippen molar-refractivity contribution in [3.8, 4) is 23.0 Å².